The third kappa shape index (κ3) is 4.17. The number of aryl methyl sites for hydroxylation is 1. The number of halogens is 1. The Balaban J connectivity index is 1.90. The Hall–Kier alpha value is -2.12. The molecule has 2 rings (SSSR count). The lowest BCUT2D eigenvalue weighted by Gasteiger charge is -2.06. The number of rotatable bonds is 4. The number of hydrogen-bond acceptors (Lipinski definition) is 4. The Morgan fingerprint density at radius 3 is 2.57 bits per heavy atom. The molecule has 0 radical (unpaired) electrons. The van der Waals surface area contributed by atoms with E-state index in [1.807, 2.05) is 0 Å². The predicted molar refractivity (Wildman–Crippen MR) is 81.1 cm³/mol. The second-order valence-corrected chi connectivity index (χ2v) is 5.66. The lowest BCUT2D eigenvalue weighted by Crippen LogP contribution is -2.28. The van der Waals surface area contributed by atoms with Gasteiger partial charge in [0, 0.05) is 10.7 Å². The molecule has 0 aliphatic heterocycles. The van der Waals surface area contributed by atoms with Gasteiger partial charge < -0.3 is 15.7 Å². The molecule has 0 saturated carbocycles. The number of nitrogens with zero attached hydrogens (tertiary/aromatic N) is 1. The van der Waals surface area contributed by atoms with Crippen LogP contribution in [0.2, 0.25) is 5.02 Å². The van der Waals surface area contributed by atoms with Gasteiger partial charge in [0.2, 0.25) is 0 Å². The summed E-state index contributed by atoms with van der Waals surface area (Å²) in [6.45, 7) is 1.79. The molecule has 110 valence electrons. The summed E-state index contributed by atoms with van der Waals surface area (Å²) in [5, 5.41) is 15.3. The van der Waals surface area contributed by atoms with Crippen LogP contribution in [-0.4, -0.2) is 22.1 Å². The topological polar surface area (TPSA) is 91.3 Å². The minimum atomic E-state index is -1.01. The van der Waals surface area contributed by atoms with Gasteiger partial charge in [-0.1, -0.05) is 11.6 Å². The fourth-order valence-corrected chi connectivity index (χ4v) is 2.56. The monoisotopic (exact) mass is 325 g/mol. The number of nitrogens with one attached hydrogen (secondary N) is 2. The van der Waals surface area contributed by atoms with Gasteiger partial charge in [-0.25, -0.2) is 14.6 Å². The maximum absolute atomic E-state index is 11.7. The lowest BCUT2D eigenvalue weighted by molar-refractivity contribution is 0.0701. The van der Waals surface area contributed by atoms with Crippen molar-refractivity contribution in [2.45, 2.75) is 13.5 Å². The number of carbonyl (C=O) groups excluding carboxylic acids is 1. The Morgan fingerprint density at radius 2 is 2.00 bits per heavy atom. The van der Waals surface area contributed by atoms with E-state index in [0.29, 0.717) is 21.4 Å². The predicted octanol–water partition coefficient (Wildman–Crippen LogP) is 3.12. The van der Waals surface area contributed by atoms with Crippen molar-refractivity contribution in [3.05, 3.63) is 44.9 Å². The van der Waals surface area contributed by atoms with Gasteiger partial charge in [-0.15, -0.1) is 11.3 Å². The number of amides is 2. The highest BCUT2D eigenvalue weighted by Crippen LogP contribution is 2.18. The van der Waals surface area contributed by atoms with Gasteiger partial charge in [0.05, 0.1) is 12.2 Å². The van der Waals surface area contributed by atoms with Crippen molar-refractivity contribution < 1.29 is 14.7 Å². The Kier molecular flexibility index (Phi) is 4.77. The van der Waals surface area contributed by atoms with E-state index in [-0.39, 0.29) is 11.4 Å². The molecule has 21 heavy (non-hydrogen) atoms. The normalized spacial score (nSPS) is 10.2. The van der Waals surface area contributed by atoms with Gasteiger partial charge >= 0.3 is 12.0 Å². The molecule has 0 aliphatic rings. The van der Waals surface area contributed by atoms with E-state index in [1.165, 1.54) is 0 Å². The average Bonchev–Trinajstić information content (AvgIpc) is 2.81. The highest BCUT2D eigenvalue weighted by atomic mass is 35.5. The minimum Gasteiger partial charge on any atom is -0.477 e. The molecule has 0 bridgehead atoms. The number of benzene rings is 1. The largest absolute Gasteiger partial charge is 0.477 e. The summed E-state index contributed by atoms with van der Waals surface area (Å²) in [6.07, 6.45) is 0. The number of urea groups is 1. The van der Waals surface area contributed by atoms with Crippen LogP contribution in [0, 0.1) is 6.92 Å². The zero-order chi connectivity index (χ0) is 15.4. The first-order valence-corrected chi connectivity index (χ1v) is 7.15. The first-order valence-electron chi connectivity index (χ1n) is 5.95. The summed E-state index contributed by atoms with van der Waals surface area (Å²) in [6, 6.07) is 6.29. The maximum atomic E-state index is 11.7. The SMILES string of the molecule is Cc1nc(CNC(=O)Nc2ccc(Cl)cc2)sc1C(=O)O. The van der Waals surface area contributed by atoms with E-state index in [2.05, 4.69) is 15.6 Å². The quantitative estimate of drug-likeness (QED) is 0.805. The van der Waals surface area contributed by atoms with Crippen LogP contribution < -0.4 is 10.6 Å². The van der Waals surface area contributed by atoms with Crippen LogP contribution in [-0.2, 0) is 6.54 Å². The second-order valence-electron chi connectivity index (χ2n) is 4.14. The molecule has 0 fully saturated rings. The molecule has 3 N–H and O–H groups in total. The Bertz CT molecular complexity index is 670. The van der Waals surface area contributed by atoms with Crippen LogP contribution >= 0.6 is 22.9 Å². The van der Waals surface area contributed by atoms with Gasteiger partial charge in [0.15, 0.2) is 0 Å². The number of anilines is 1. The highest BCUT2D eigenvalue weighted by molar-refractivity contribution is 7.13. The molecule has 0 spiro atoms. The van der Waals surface area contributed by atoms with E-state index in [4.69, 9.17) is 16.7 Å². The fraction of sp³-hybridized carbons (Fsp3) is 0.154. The highest BCUT2D eigenvalue weighted by Gasteiger charge is 2.14. The van der Waals surface area contributed by atoms with Crippen LogP contribution in [0.5, 0.6) is 0 Å². The summed E-state index contributed by atoms with van der Waals surface area (Å²) in [5.41, 5.74) is 1.06. The second kappa shape index (κ2) is 6.55. The van der Waals surface area contributed by atoms with Crippen LogP contribution in [0.1, 0.15) is 20.4 Å². The van der Waals surface area contributed by atoms with Crippen LogP contribution in [0.3, 0.4) is 0 Å². The molecule has 1 aromatic carbocycles. The van der Waals surface area contributed by atoms with Crippen molar-refractivity contribution in [3.63, 3.8) is 0 Å². The van der Waals surface area contributed by atoms with Gasteiger partial charge in [-0.3, -0.25) is 0 Å². The Labute approximate surface area is 129 Å². The molecule has 6 nitrogen and oxygen atoms in total. The number of carboxylic acids is 1. The number of aromatic carboxylic acids is 1. The standard InChI is InChI=1S/C13H12ClN3O3S/c1-7-11(12(18)19)21-10(16-7)6-15-13(20)17-9-4-2-8(14)3-5-9/h2-5H,6H2,1H3,(H,18,19)(H2,15,17,20). The summed E-state index contributed by atoms with van der Waals surface area (Å²) in [5.74, 6) is -1.01. The third-order valence-corrected chi connectivity index (χ3v) is 3.93. The fourth-order valence-electron chi connectivity index (χ4n) is 1.59. The van der Waals surface area contributed by atoms with E-state index in [1.54, 1.807) is 31.2 Å². The molecule has 1 heterocycles. The maximum Gasteiger partial charge on any atom is 0.347 e. The van der Waals surface area contributed by atoms with Crippen molar-refractivity contribution in [2.75, 3.05) is 5.32 Å². The van der Waals surface area contributed by atoms with E-state index in [0.717, 1.165) is 11.3 Å². The molecule has 1 aromatic heterocycles. The van der Waals surface area contributed by atoms with Crippen molar-refractivity contribution in [1.82, 2.24) is 10.3 Å². The van der Waals surface area contributed by atoms with Gasteiger partial charge in [-0.2, -0.15) is 0 Å². The van der Waals surface area contributed by atoms with Crippen LogP contribution in [0.25, 0.3) is 0 Å². The molecular weight excluding hydrogens is 314 g/mol. The third-order valence-electron chi connectivity index (χ3n) is 2.54. The van der Waals surface area contributed by atoms with Crippen molar-refractivity contribution >= 4 is 40.6 Å². The van der Waals surface area contributed by atoms with Crippen LogP contribution in [0.4, 0.5) is 10.5 Å². The average molecular weight is 326 g/mol. The summed E-state index contributed by atoms with van der Waals surface area (Å²) in [7, 11) is 0. The molecule has 0 aliphatic carbocycles. The molecule has 8 heteroatoms. The Morgan fingerprint density at radius 1 is 1.33 bits per heavy atom. The zero-order valence-corrected chi connectivity index (χ0v) is 12.6. The molecule has 2 aromatic rings. The number of hydrogen-bond donors (Lipinski definition) is 3. The summed E-state index contributed by atoms with van der Waals surface area (Å²) >= 11 is 6.80. The van der Waals surface area contributed by atoms with Crippen molar-refractivity contribution in [2.24, 2.45) is 0 Å². The number of aromatic nitrogens is 1. The lowest BCUT2D eigenvalue weighted by atomic mass is 10.3. The summed E-state index contributed by atoms with van der Waals surface area (Å²) in [4.78, 5) is 26.9. The molecule has 2 amide bonds. The molecule has 0 atom stereocenters. The zero-order valence-electron chi connectivity index (χ0n) is 11.0. The van der Waals surface area contributed by atoms with Crippen molar-refractivity contribution in [3.8, 4) is 0 Å². The van der Waals surface area contributed by atoms with Gasteiger partial charge in [-0.05, 0) is 31.2 Å². The molecular formula is C13H12ClN3O3S. The number of carbonyl (C=O) groups is 2. The van der Waals surface area contributed by atoms with Crippen molar-refractivity contribution in [1.29, 1.82) is 0 Å². The van der Waals surface area contributed by atoms with Gasteiger partial charge in [0.1, 0.15) is 9.88 Å². The summed E-state index contributed by atoms with van der Waals surface area (Å²) < 4.78 is 0. The number of carboxylic acid groups (broad SMARTS) is 1. The van der Waals surface area contributed by atoms with E-state index < -0.39 is 12.0 Å². The smallest absolute Gasteiger partial charge is 0.347 e. The van der Waals surface area contributed by atoms with Crippen LogP contribution in [0.15, 0.2) is 24.3 Å². The number of thiazole rings is 1. The first-order chi connectivity index (χ1) is 9.95. The van der Waals surface area contributed by atoms with E-state index >= 15 is 0 Å². The molecule has 0 saturated heterocycles. The minimum absolute atomic E-state index is 0.165. The molecule has 0 unspecified atom stereocenters. The van der Waals surface area contributed by atoms with Gasteiger partial charge in [0.25, 0.3) is 0 Å². The first kappa shape index (κ1) is 15.3. The van der Waals surface area contributed by atoms with E-state index in [9.17, 15) is 9.59 Å².